The number of phenols is 1. The highest BCUT2D eigenvalue weighted by Crippen LogP contribution is 2.26. The molecule has 0 atom stereocenters. The lowest BCUT2D eigenvalue weighted by molar-refractivity contribution is 0.209. The number of nitrogens with zero attached hydrogens (tertiary/aromatic N) is 2. The molecule has 0 aliphatic heterocycles. The molecule has 0 saturated heterocycles. The summed E-state index contributed by atoms with van der Waals surface area (Å²) < 4.78 is 1.48. The number of aliphatic hydroxyl groups excluding tert-OH is 1. The molecule has 6 heteroatoms. The third-order valence-electron chi connectivity index (χ3n) is 3.94. The molecular weight excluding hydrogens is 328 g/mol. The summed E-state index contributed by atoms with van der Waals surface area (Å²) in [5, 5.41) is 20.4. The number of fused-ring (bicyclic) bond motifs is 1. The molecule has 0 amide bonds. The average Bonchev–Trinajstić information content (AvgIpc) is 2.55. The molecular formula is C18H17ClN2O3. The molecule has 0 bridgehead atoms. The van der Waals surface area contributed by atoms with Crippen molar-refractivity contribution in [3.8, 4) is 11.4 Å². The van der Waals surface area contributed by atoms with Gasteiger partial charge in [-0.1, -0.05) is 25.4 Å². The number of phenolic OH excluding ortho intramolecular Hbond substituents is 1. The normalized spacial score (nSPS) is 11.8. The van der Waals surface area contributed by atoms with Crippen molar-refractivity contribution in [1.29, 1.82) is 0 Å². The van der Waals surface area contributed by atoms with E-state index in [0.717, 1.165) is 0 Å². The van der Waals surface area contributed by atoms with Crippen LogP contribution >= 0.6 is 11.6 Å². The Hall–Kier alpha value is -2.37. The van der Waals surface area contributed by atoms with Gasteiger partial charge in [0.05, 0.1) is 23.2 Å². The highest BCUT2D eigenvalue weighted by atomic mass is 35.5. The topological polar surface area (TPSA) is 75.4 Å². The Morgan fingerprint density at radius 1 is 1.17 bits per heavy atom. The zero-order valence-corrected chi connectivity index (χ0v) is 14.1. The summed E-state index contributed by atoms with van der Waals surface area (Å²) in [5.41, 5.74) is -0.0117. The fourth-order valence-electron chi connectivity index (χ4n) is 2.53. The Morgan fingerprint density at radius 3 is 2.46 bits per heavy atom. The van der Waals surface area contributed by atoms with Crippen LogP contribution in [0.1, 0.15) is 19.7 Å². The van der Waals surface area contributed by atoms with E-state index in [0.29, 0.717) is 27.4 Å². The molecule has 3 rings (SSSR count). The minimum Gasteiger partial charge on any atom is -0.508 e. The maximum Gasteiger partial charge on any atom is 0.265 e. The van der Waals surface area contributed by atoms with E-state index in [2.05, 4.69) is 4.98 Å². The van der Waals surface area contributed by atoms with Gasteiger partial charge in [0.2, 0.25) is 0 Å². The number of aliphatic hydroxyl groups is 1. The smallest absolute Gasteiger partial charge is 0.265 e. The van der Waals surface area contributed by atoms with Gasteiger partial charge in [0.1, 0.15) is 11.6 Å². The van der Waals surface area contributed by atoms with Gasteiger partial charge in [-0.05, 0) is 36.4 Å². The van der Waals surface area contributed by atoms with Gasteiger partial charge in [0, 0.05) is 16.5 Å². The monoisotopic (exact) mass is 344 g/mol. The minimum absolute atomic E-state index is 0.0337. The number of benzene rings is 2. The summed E-state index contributed by atoms with van der Waals surface area (Å²) in [7, 11) is 0. The van der Waals surface area contributed by atoms with E-state index in [4.69, 9.17) is 11.6 Å². The van der Waals surface area contributed by atoms with Crippen LogP contribution in [0, 0.1) is 0 Å². The number of aromatic hydroxyl groups is 1. The highest BCUT2D eigenvalue weighted by molar-refractivity contribution is 6.30. The van der Waals surface area contributed by atoms with Crippen molar-refractivity contribution in [2.75, 3.05) is 6.61 Å². The molecule has 0 spiro atoms. The van der Waals surface area contributed by atoms with Crippen LogP contribution in [0.25, 0.3) is 16.6 Å². The molecule has 0 aliphatic carbocycles. The van der Waals surface area contributed by atoms with Crippen molar-refractivity contribution in [3.05, 3.63) is 63.7 Å². The molecule has 24 heavy (non-hydrogen) atoms. The maximum absolute atomic E-state index is 13.0. The Bertz CT molecular complexity index is 962. The van der Waals surface area contributed by atoms with E-state index in [1.807, 2.05) is 0 Å². The predicted octanol–water partition coefficient (Wildman–Crippen LogP) is 3.01. The molecule has 0 radical (unpaired) electrons. The summed E-state index contributed by atoms with van der Waals surface area (Å²) in [6.45, 7) is 3.42. The molecule has 0 aliphatic rings. The summed E-state index contributed by atoms with van der Waals surface area (Å²) >= 11 is 5.94. The van der Waals surface area contributed by atoms with Gasteiger partial charge in [0.15, 0.2) is 0 Å². The molecule has 1 heterocycles. The first-order valence-electron chi connectivity index (χ1n) is 7.46. The van der Waals surface area contributed by atoms with Gasteiger partial charge in [-0.15, -0.1) is 0 Å². The molecule has 3 aromatic rings. The number of hydrogen-bond donors (Lipinski definition) is 2. The molecule has 5 nitrogen and oxygen atoms in total. The Morgan fingerprint density at radius 2 is 1.83 bits per heavy atom. The van der Waals surface area contributed by atoms with E-state index >= 15 is 0 Å². The predicted molar refractivity (Wildman–Crippen MR) is 94.1 cm³/mol. The molecule has 2 N–H and O–H groups in total. The third-order valence-corrected chi connectivity index (χ3v) is 4.19. The molecule has 0 unspecified atom stereocenters. The van der Waals surface area contributed by atoms with E-state index in [1.165, 1.54) is 16.7 Å². The van der Waals surface area contributed by atoms with Gasteiger partial charge in [-0.3, -0.25) is 9.36 Å². The third kappa shape index (κ3) is 2.77. The van der Waals surface area contributed by atoms with Gasteiger partial charge >= 0.3 is 0 Å². The molecule has 0 fully saturated rings. The lowest BCUT2D eigenvalue weighted by Gasteiger charge is -2.25. The van der Waals surface area contributed by atoms with Crippen molar-refractivity contribution in [1.82, 2.24) is 9.55 Å². The summed E-state index contributed by atoms with van der Waals surface area (Å²) in [5.74, 6) is 0.446. The minimum atomic E-state index is -0.752. The van der Waals surface area contributed by atoms with E-state index in [9.17, 15) is 15.0 Å². The first-order chi connectivity index (χ1) is 11.3. The van der Waals surface area contributed by atoms with E-state index in [1.54, 1.807) is 44.2 Å². The van der Waals surface area contributed by atoms with Crippen LogP contribution in [0.5, 0.6) is 5.75 Å². The van der Waals surface area contributed by atoms with Crippen molar-refractivity contribution in [3.63, 3.8) is 0 Å². The lowest BCUT2D eigenvalue weighted by atomic mass is 9.93. The van der Waals surface area contributed by atoms with E-state index < -0.39 is 5.41 Å². The van der Waals surface area contributed by atoms with E-state index in [-0.39, 0.29) is 17.9 Å². The zero-order chi connectivity index (χ0) is 17.5. The summed E-state index contributed by atoms with van der Waals surface area (Å²) in [6.07, 6.45) is 0. The van der Waals surface area contributed by atoms with Crippen LogP contribution in [0.2, 0.25) is 5.02 Å². The van der Waals surface area contributed by atoms with Crippen LogP contribution in [0.3, 0.4) is 0 Å². The fraction of sp³-hybridized carbons (Fsp3) is 0.222. The lowest BCUT2D eigenvalue weighted by Crippen LogP contribution is -2.34. The Balaban J connectivity index is 2.43. The van der Waals surface area contributed by atoms with Crippen LogP contribution < -0.4 is 5.56 Å². The van der Waals surface area contributed by atoms with Crippen LogP contribution in [-0.4, -0.2) is 26.4 Å². The molecule has 2 aromatic carbocycles. The largest absolute Gasteiger partial charge is 0.508 e. The van der Waals surface area contributed by atoms with Crippen LogP contribution in [0.4, 0.5) is 0 Å². The Labute approximate surface area is 143 Å². The van der Waals surface area contributed by atoms with Gasteiger partial charge < -0.3 is 10.2 Å². The number of hydrogen-bond acceptors (Lipinski definition) is 4. The second-order valence-electron chi connectivity index (χ2n) is 6.30. The first-order valence-corrected chi connectivity index (χ1v) is 7.84. The fourth-order valence-corrected chi connectivity index (χ4v) is 2.65. The quantitative estimate of drug-likeness (QED) is 0.765. The van der Waals surface area contributed by atoms with Crippen LogP contribution in [-0.2, 0) is 5.41 Å². The average molecular weight is 345 g/mol. The number of rotatable bonds is 3. The molecule has 1 aromatic heterocycles. The van der Waals surface area contributed by atoms with Gasteiger partial charge in [-0.25, -0.2) is 4.98 Å². The Kier molecular flexibility index (Phi) is 4.07. The molecule has 0 saturated carbocycles. The number of aromatic nitrogens is 2. The maximum atomic E-state index is 13.0. The van der Waals surface area contributed by atoms with Gasteiger partial charge in [-0.2, -0.15) is 0 Å². The summed E-state index contributed by atoms with van der Waals surface area (Å²) in [4.78, 5) is 17.6. The number of halogens is 1. The highest BCUT2D eigenvalue weighted by Gasteiger charge is 2.27. The second kappa shape index (κ2) is 5.92. The standard InChI is InChI=1S/C18H17ClN2O3/c1-18(2,10-22)17-20-15-9-13(23)7-8-14(15)16(24)21(17)12-5-3-11(19)4-6-12/h3-9,22-23H,10H2,1-2H3. The van der Waals surface area contributed by atoms with Crippen molar-refractivity contribution in [2.45, 2.75) is 19.3 Å². The summed E-state index contributed by atoms with van der Waals surface area (Å²) in [6, 6.07) is 11.3. The SMILES string of the molecule is CC(C)(CO)c1nc2cc(O)ccc2c(=O)n1-c1ccc(Cl)cc1. The zero-order valence-electron chi connectivity index (χ0n) is 13.3. The first kappa shape index (κ1) is 16.5. The van der Waals surface area contributed by atoms with Gasteiger partial charge in [0.25, 0.3) is 5.56 Å². The van der Waals surface area contributed by atoms with Crippen LogP contribution in [0.15, 0.2) is 47.3 Å². The van der Waals surface area contributed by atoms with Crippen molar-refractivity contribution in [2.24, 2.45) is 0 Å². The second-order valence-corrected chi connectivity index (χ2v) is 6.73. The molecule has 124 valence electrons. The van der Waals surface area contributed by atoms with Crippen molar-refractivity contribution >= 4 is 22.5 Å². The van der Waals surface area contributed by atoms with Crippen molar-refractivity contribution < 1.29 is 10.2 Å².